The van der Waals surface area contributed by atoms with Crippen LogP contribution in [0.3, 0.4) is 0 Å². The molecule has 5 heteroatoms. The molecular formula is C87H87BIrN3. The number of benzene rings is 9. The molecule has 0 N–H and O–H groups in total. The van der Waals surface area contributed by atoms with Crippen LogP contribution in [0.2, 0.25) is 0 Å². The molecule has 3 nitrogen and oxygen atoms in total. The van der Waals surface area contributed by atoms with Crippen LogP contribution >= 0.6 is 0 Å². The summed E-state index contributed by atoms with van der Waals surface area (Å²) in [7, 11) is 0. The molecule has 0 aliphatic rings. The number of pyridine rings is 3. The molecule has 0 bridgehead atoms. The van der Waals surface area contributed by atoms with Crippen LogP contribution in [0, 0.1) is 59.7 Å². The maximum Gasteiger partial charge on any atom is 3.00 e. The second-order valence-corrected chi connectivity index (χ2v) is 27.0. The van der Waals surface area contributed by atoms with Crippen molar-refractivity contribution in [1.82, 2.24) is 15.0 Å². The summed E-state index contributed by atoms with van der Waals surface area (Å²) in [6.07, 6.45) is 5.42. The minimum Gasteiger partial charge on any atom is -0.305 e. The zero-order valence-corrected chi connectivity index (χ0v) is 58.9. The van der Waals surface area contributed by atoms with E-state index < -0.39 is 0 Å². The number of aromatic nitrogens is 3. The van der Waals surface area contributed by atoms with E-state index in [1.54, 1.807) is 18.6 Å². The molecule has 0 fully saturated rings. The second-order valence-electron chi connectivity index (χ2n) is 27.0. The Morgan fingerprint density at radius 2 is 0.500 bits per heavy atom. The molecule has 9 aromatic carbocycles. The molecule has 0 radical (unpaired) electrons. The zero-order chi connectivity index (χ0) is 64.9. The Hall–Kier alpha value is -8.86. The molecule has 0 aliphatic carbocycles. The Kier molecular flexibility index (Phi) is 23.2. The quantitative estimate of drug-likeness (QED) is 0.107. The van der Waals surface area contributed by atoms with Crippen molar-refractivity contribution in [1.29, 1.82) is 0 Å². The smallest absolute Gasteiger partial charge is 0.305 e. The molecule has 0 saturated carbocycles. The van der Waals surface area contributed by atoms with Gasteiger partial charge in [-0.2, -0.15) is 0 Å². The van der Waals surface area contributed by atoms with Gasteiger partial charge in [0.2, 0.25) is 6.71 Å². The van der Waals surface area contributed by atoms with Gasteiger partial charge in [0.25, 0.3) is 0 Å². The van der Waals surface area contributed by atoms with Gasteiger partial charge < -0.3 is 15.0 Å². The van der Waals surface area contributed by atoms with E-state index in [-0.39, 0.29) is 43.1 Å². The molecule has 3 heterocycles. The largest absolute Gasteiger partial charge is 3.00 e. The van der Waals surface area contributed by atoms with Gasteiger partial charge in [-0.25, -0.2) is 0 Å². The first-order chi connectivity index (χ1) is 43.5. The van der Waals surface area contributed by atoms with Gasteiger partial charge in [-0.1, -0.05) is 276 Å². The summed E-state index contributed by atoms with van der Waals surface area (Å²) in [6, 6.07) is 93.1. The van der Waals surface area contributed by atoms with Crippen LogP contribution in [-0.2, 0) is 36.4 Å². The molecule has 12 aromatic rings. The van der Waals surface area contributed by atoms with Crippen molar-refractivity contribution in [3.8, 4) is 67.2 Å². The fraction of sp³-hybridized carbons (Fsp3) is 0.207. The van der Waals surface area contributed by atoms with E-state index in [0.29, 0.717) is 0 Å². The van der Waals surface area contributed by atoms with Crippen LogP contribution in [0.15, 0.2) is 255 Å². The molecule has 92 heavy (non-hydrogen) atoms. The number of nitrogens with zero attached hydrogens (tertiary/aromatic N) is 3. The summed E-state index contributed by atoms with van der Waals surface area (Å²) in [5, 5.41) is 0. The van der Waals surface area contributed by atoms with Gasteiger partial charge in [0.1, 0.15) is 0 Å². The molecule has 462 valence electrons. The first kappa shape index (κ1) is 69.0. The first-order valence-corrected chi connectivity index (χ1v) is 31.8. The van der Waals surface area contributed by atoms with E-state index >= 15 is 0 Å². The van der Waals surface area contributed by atoms with Crippen LogP contribution in [-0.4, -0.2) is 21.7 Å². The number of aryl methyl sites for hydroxylation is 6. The van der Waals surface area contributed by atoms with Gasteiger partial charge in [-0.3, -0.25) is 0 Å². The standard InChI is InChI=1S/C42H39B.3C15H16N.Ir/c1-28-22-37(34-16-10-7-11-17-34)23-29(2)40(28)43(41-30(3)24-38(25-31(41)4)35-18-12-8-13-19-35)42-32(5)26-39(27-33(42)6)36-20-14-9-15-21-36;3*1-15(2,3)13-9-7-12(8-10-13)14-6-4-5-11-16-14;/h7-27H,1-6H3;3*4-7,9-11H,1-3H3;/q;3*-1;+3. The van der Waals surface area contributed by atoms with Crippen molar-refractivity contribution in [2.75, 3.05) is 0 Å². The van der Waals surface area contributed by atoms with Crippen molar-refractivity contribution in [2.45, 2.75) is 120 Å². The number of hydrogen-bond donors (Lipinski definition) is 0. The SMILES string of the molecule is CC(C)(C)c1c[c-]c(-c2ccccn2)cc1.CC(C)(C)c1c[c-]c(-c2ccccn2)cc1.CC(C)(C)c1c[c-]c(-c2ccccn2)cc1.Cc1cc(-c2ccccc2)cc(C)c1B(c1c(C)cc(-c2ccccc2)cc1C)c1c(C)cc(-c2ccccc2)cc1C.[Ir+3]. The number of hydrogen-bond acceptors (Lipinski definition) is 3. The van der Waals surface area contributed by atoms with Crippen molar-refractivity contribution in [3.05, 3.63) is 323 Å². The van der Waals surface area contributed by atoms with Crippen LogP contribution in [0.5, 0.6) is 0 Å². The van der Waals surface area contributed by atoms with Gasteiger partial charge in [0.15, 0.2) is 0 Å². The molecule has 0 aliphatic heterocycles. The Morgan fingerprint density at radius 1 is 0.272 bits per heavy atom. The van der Waals surface area contributed by atoms with Crippen molar-refractivity contribution in [3.63, 3.8) is 0 Å². The van der Waals surface area contributed by atoms with Gasteiger partial charge in [-0.05, 0) is 126 Å². The Bertz CT molecular complexity index is 3750. The van der Waals surface area contributed by atoms with Gasteiger partial charge in [0.05, 0.1) is 0 Å². The average molecular weight is 1380 g/mol. The summed E-state index contributed by atoms with van der Waals surface area (Å²) in [5.74, 6) is 0. The molecule has 3 aromatic heterocycles. The summed E-state index contributed by atoms with van der Waals surface area (Å²) >= 11 is 0. The maximum absolute atomic E-state index is 4.31. The fourth-order valence-corrected chi connectivity index (χ4v) is 11.8. The van der Waals surface area contributed by atoms with Crippen LogP contribution < -0.4 is 16.4 Å². The van der Waals surface area contributed by atoms with Crippen molar-refractivity contribution < 1.29 is 20.1 Å². The molecular weight excluding hydrogens is 1290 g/mol. The molecule has 0 unspecified atom stereocenters. The van der Waals surface area contributed by atoms with E-state index in [0.717, 1.165) is 33.8 Å². The van der Waals surface area contributed by atoms with E-state index in [4.69, 9.17) is 0 Å². The Balaban J connectivity index is 0.000000182. The maximum atomic E-state index is 4.31. The normalized spacial score (nSPS) is 11.1. The molecule has 0 saturated heterocycles. The number of rotatable bonds is 9. The minimum absolute atomic E-state index is 0. The molecule has 12 rings (SSSR count). The molecule has 0 atom stereocenters. The van der Waals surface area contributed by atoms with Crippen LogP contribution in [0.1, 0.15) is 112 Å². The van der Waals surface area contributed by atoms with Crippen LogP contribution in [0.25, 0.3) is 67.2 Å². The Labute approximate surface area is 565 Å². The summed E-state index contributed by atoms with van der Waals surface area (Å²) in [5.41, 5.74) is 30.4. The third-order valence-corrected chi connectivity index (χ3v) is 16.8. The first-order valence-electron chi connectivity index (χ1n) is 31.8. The van der Waals surface area contributed by atoms with E-state index in [2.05, 4.69) is 319 Å². The van der Waals surface area contributed by atoms with Gasteiger partial charge >= 0.3 is 20.1 Å². The fourth-order valence-electron chi connectivity index (χ4n) is 11.8. The van der Waals surface area contributed by atoms with E-state index in [9.17, 15) is 0 Å². The topological polar surface area (TPSA) is 38.7 Å². The minimum atomic E-state index is 0. The predicted octanol–water partition coefficient (Wildman–Crippen LogP) is 20.6. The van der Waals surface area contributed by atoms with Crippen LogP contribution in [0.4, 0.5) is 0 Å². The van der Waals surface area contributed by atoms with E-state index in [1.165, 1.54) is 99.8 Å². The third kappa shape index (κ3) is 17.8. The zero-order valence-electron chi connectivity index (χ0n) is 56.5. The summed E-state index contributed by atoms with van der Waals surface area (Å²) < 4.78 is 0. The molecule has 0 spiro atoms. The van der Waals surface area contributed by atoms with Crippen molar-refractivity contribution in [2.24, 2.45) is 0 Å². The average Bonchev–Trinajstić information content (AvgIpc) is 0.755. The third-order valence-electron chi connectivity index (χ3n) is 16.8. The second kappa shape index (κ2) is 31.0. The summed E-state index contributed by atoms with van der Waals surface area (Å²) in [6.45, 7) is 33.8. The monoisotopic (exact) mass is 1380 g/mol. The van der Waals surface area contributed by atoms with Crippen molar-refractivity contribution >= 4 is 23.1 Å². The van der Waals surface area contributed by atoms with Gasteiger partial charge in [-0.15, -0.1) is 106 Å². The molecule has 0 amide bonds. The predicted molar refractivity (Wildman–Crippen MR) is 390 cm³/mol. The van der Waals surface area contributed by atoms with E-state index in [1.807, 2.05) is 54.6 Å². The Morgan fingerprint density at radius 3 is 0.685 bits per heavy atom. The van der Waals surface area contributed by atoms with Gasteiger partial charge in [0, 0.05) is 18.6 Å². The summed E-state index contributed by atoms with van der Waals surface area (Å²) in [4.78, 5) is 12.9.